The van der Waals surface area contributed by atoms with Crippen molar-refractivity contribution in [3.8, 4) is 22.6 Å². The van der Waals surface area contributed by atoms with Gasteiger partial charge in [-0.1, -0.05) is 90.0 Å². The van der Waals surface area contributed by atoms with Crippen molar-refractivity contribution in [2.45, 2.75) is 16.5 Å². The quantitative estimate of drug-likeness (QED) is 0.401. The molecule has 7 heteroatoms. The first-order valence-corrected chi connectivity index (χ1v) is 11.2. The maximum atomic E-state index is 13.2. The summed E-state index contributed by atoms with van der Waals surface area (Å²) in [5.74, 6) is 0.315. The highest BCUT2D eigenvalue weighted by atomic mass is 35.5. The number of nitrogens with zero attached hydrogens (tertiary/aromatic N) is 3. The van der Waals surface area contributed by atoms with Gasteiger partial charge in [0, 0.05) is 11.1 Å². The van der Waals surface area contributed by atoms with E-state index in [-0.39, 0.29) is 10.6 Å². The van der Waals surface area contributed by atoms with Crippen molar-refractivity contribution in [2.75, 3.05) is 0 Å². The van der Waals surface area contributed by atoms with Gasteiger partial charge in [-0.25, -0.2) is 13.4 Å². The third-order valence-electron chi connectivity index (χ3n) is 4.63. The Balaban J connectivity index is 1.89. The second kappa shape index (κ2) is 8.34. The Morgan fingerprint density at radius 2 is 1.37 bits per heavy atom. The van der Waals surface area contributed by atoms with Gasteiger partial charge in [-0.3, -0.25) is 0 Å². The monoisotopic (exact) mass is 435 g/mol. The Morgan fingerprint density at radius 1 is 0.767 bits per heavy atom. The van der Waals surface area contributed by atoms with Crippen LogP contribution in [0.4, 0.5) is 0 Å². The molecule has 0 aliphatic carbocycles. The lowest BCUT2D eigenvalue weighted by Crippen LogP contribution is -2.13. The van der Waals surface area contributed by atoms with E-state index in [0.29, 0.717) is 17.1 Å². The van der Waals surface area contributed by atoms with E-state index >= 15 is 0 Å². The molecule has 3 aromatic carbocycles. The van der Waals surface area contributed by atoms with Crippen LogP contribution in [0.2, 0.25) is 0 Å². The number of aryl methyl sites for hydroxylation is 1. The first kappa shape index (κ1) is 20.2. The normalized spacial score (nSPS) is 12.5. The van der Waals surface area contributed by atoms with Crippen molar-refractivity contribution in [1.29, 1.82) is 0 Å². The SMILES string of the molecule is Cc1ccc(-c2nnc(-c3ccccc3)nc2C(Cl)S(=O)(=O)c2ccccc2)cc1. The van der Waals surface area contributed by atoms with Gasteiger partial charge in [0.25, 0.3) is 0 Å². The van der Waals surface area contributed by atoms with Crippen molar-refractivity contribution in [3.63, 3.8) is 0 Å². The molecule has 0 radical (unpaired) electrons. The van der Waals surface area contributed by atoms with E-state index in [1.807, 2.05) is 61.5 Å². The van der Waals surface area contributed by atoms with E-state index in [4.69, 9.17) is 11.6 Å². The number of alkyl halides is 1. The fourth-order valence-corrected chi connectivity index (χ4v) is 4.69. The van der Waals surface area contributed by atoms with Crippen molar-refractivity contribution in [2.24, 2.45) is 0 Å². The number of rotatable bonds is 5. The van der Waals surface area contributed by atoms with Gasteiger partial charge in [-0.05, 0) is 19.1 Å². The van der Waals surface area contributed by atoms with E-state index in [9.17, 15) is 8.42 Å². The zero-order valence-corrected chi connectivity index (χ0v) is 17.7. The highest BCUT2D eigenvalue weighted by Crippen LogP contribution is 2.36. The molecule has 1 unspecified atom stereocenters. The highest BCUT2D eigenvalue weighted by molar-refractivity contribution is 7.92. The zero-order chi connectivity index (χ0) is 21.1. The predicted molar refractivity (Wildman–Crippen MR) is 118 cm³/mol. The minimum Gasteiger partial charge on any atom is -0.226 e. The highest BCUT2D eigenvalue weighted by Gasteiger charge is 2.32. The number of hydrogen-bond donors (Lipinski definition) is 0. The number of benzene rings is 3. The fourth-order valence-electron chi connectivity index (χ4n) is 3.00. The molecule has 0 bridgehead atoms. The second-order valence-corrected chi connectivity index (χ2v) is 9.50. The number of hydrogen-bond acceptors (Lipinski definition) is 5. The molecule has 150 valence electrons. The summed E-state index contributed by atoms with van der Waals surface area (Å²) < 4.78 is 25.0. The van der Waals surface area contributed by atoms with Crippen LogP contribution in [0.1, 0.15) is 16.0 Å². The van der Waals surface area contributed by atoms with Gasteiger partial charge >= 0.3 is 0 Å². The number of halogens is 1. The summed E-state index contributed by atoms with van der Waals surface area (Å²) in [5.41, 5.74) is 2.99. The Hall–Kier alpha value is -3.09. The van der Waals surface area contributed by atoms with Gasteiger partial charge < -0.3 is 0 Å². The summed E-state index contributed by atoms with van der Waals surface area (Å²) in [5, 5.41) is 8.55. The maximum Gasteiger partial charge on any atom is 0.201 e. The molecule has 30 heavy (non-hydrogen) atoms. The molecule has 0 aliphatic rings. The number of sulfone groups is 1. The molecule has 0 spiro atoms. The van der Waals surface area contributed by atoms with Gasteiger partial charge in [0.05, 0.1) is 4.90 Å². The molecule has 0 saturated carbocycles. The minimum absolute atomic E-state index is 0.125. The van der Waals surface area contributed by atoms with Gasteiger partial charge in [0.1, 0.15) is 11.4 Å². The van der Waals surface area contributed by atoms with Gasteiger partial charge in [0.15, 0.2) is 10.5 Å². The predicted octanol–water partition coefficient (Wildman–Crippen LogP) is 5.23. The van der Waals surface area contributed by atoms with Crippen molar-refractivity contribution < 1.29 is 8.42 Å². The lowest BCUT2D eigenvalue weighted by molar-refractivity contribution is 0.593. The van der Waals surface area contributed by atoms with Crippen LogP contribution < -0.4 is 0 Å². The average molecular weight is 436 g/mol. The van der Waals surface area contributed by atoms with E-state index < -0.39 is 14.5 Å². The summed E-state index contributed by atoms with van der Waals surface area (Å²) in [6.07, 6.45) is 0. The lowest BCUT2D eigenvalue weighted by Gasteiger charge is -2.15. The van der Waals surface area contributed by atoms with Crippen LogP contribution in [0.25, 0.3) is 22.6 Å². The van der Waals surface area contributed by atoms with Gasteiger partial charge in [-0.15, -0.1) is 10.2 Å². The molecule has 1 heterocycles. The van der Waals surface area contributed by atoms with Crippen LogP contribution in [0.15, 0.2) is 89.8 Å². The summed E-state index contributed by atoms with van der Waals surface area (Å²) in [6, 6.07) is 24.9. The molecule has 0 saturated heterocycles. The summed E-state index contributed by atoms with van der Waals surface area (Å²) >= 11 is 6.56. The molecule has 4 aromatic rings. The maximum absolute atomic E-state index is 13.2. The molecule has 0 aliphatic heterocycles. The summed E-state index contributed by atoms with van der Waals surface area (Å²) in [4.78, 5) is 4.67. The molecular weight excluding hydrogens is 418 g/mol. The third kappa shape index (κ3) is 3.97. The van der Waals surface area contributed by atoms with E-state index in [2.05, 4.69) is 15.2 Å². The van der Waals surface area contributed by atoms with Crippen LogP contribution in [0.5, 0.6) is 0 Å². The largest absolute Gasteiger partial charge is 0.226 e. The van der Waals surface area contributed by atoms with Crippen LogP contribution >= 0.6 is 11.6 Å². The molecule has 0 amide bonds. The van der Waals surface area contributed by atoms with Crippen molar-refractivity contribution in [3.05, 3.63) is 96.2 Å². The Labute approximate surface area is 180 Å². The molecule has 4 rings (SSSR count). The van der Waals surface area contributed by atoms with Crippen LogP contribution in [-0.2, 0) is 9.84 Å². The standard InChI is InChI=1S/C23H18ClN3O2S/c1-16-12-14-17(15-13-16)20-21(22(24)30(28,29)19-10-6-3-7-11-19)25-23(27-26-20)18-8-4-2-5-9-18/h2-15,22H,1H3. The first-order chi connectivity index (χ1) is 14.5. The van der Waals surface area contributed by atoms with Crippen molar-refractivity contribution in [1.82, 2.24) is 15.2 Å². The van der Waals surface area contributed by atoms with Crippen LogP contribution in [0, 0.1) is 6.92 Å². The second-order valence-electron chi connectivity index (χ2n) is 6.78. The van der Waals surface area contributed by atoms with E-state index in [1.165, 1.54) is 12.1 Å². The Bertz CT molecular complexity index is 1260. The molecule has 1 atom stereocenters. The summed E-state index contributed by atoms with van der Waals surface area (Å²) in [6.45, 7) is 1.97. The van der Waals surface area contributed by atoms with Crippen LogP contribution in [-0.4, -0.2) is 23.6 Å². The molecule has 0 N–H and O–H groups in total. The fraction of sp³-hybridized carbons (Fsp3) is 0.0870. The average Bonchev–Trinajstić information content (AvgIpc) is 2.80. The minimum atomic E-state index is -3.89. The topological polar surface area (TPSA) is 72.8 Å². The molecule has 5 nitrogen and oxygen atoms in total. The Morgan fingerprint density at radius 3 is 2.00 bits per heavy atom. The van der Waals surface area contributed by atoms with E-state index in [1.54, 1.807) is 18.2 Å². The molecular formula is C23H18ClN3O2S. The Kier molecular flexibility index (Phi) is 5.61. The smallest absolute Gasteiger partial charge is 0.201 e. The summed E-state index contributed by atoms with van der Waals surface area (Å²) in [7, 11) is -3.89. The zero-order valence-electron chi connectivity index (χ0n) is 16.1. The van der Waals surface area contributed by atoms with Crippen molar-refractivity contribution >= 4 is 21.4 Å². The first-order valence-electron chi connectivity index (χ1n) is 9.27. The van der Waals surface area contributed by atoms with Crippen LogP contribution in [0.3, 0.4) is 0 Å². The third-order valence-corrected chi connectivity index (χ3v) is 7.24. The lowest BCUT2D eigenvalue weighted by atomic mass is 10.1. The van der Waals surface area contributed by atoms with Gasteiger partial charge in [-0.2, -0.15) is 0 Å². The molecule has 0 fully saturated rings. The number of aromatic nitrogens is 3. The van der Waals surface area contributed by atoms with Gasteiger partial charge in [0.2, 0.25) is 9.84 Å². The molecule has 1 aromatic heterocycles. The van der Waals surface area contributed by atoms with E-state index in [0.717, 1.165) is 11.1 Å².